The smallest absolute Gasteiger partial charge is 0.0569 e. The average molecular weight is 486 g/mol. The molecule has 3 aromatic rings. The zero-order valence-electron chi connectivity index (χ0n) is 21.2. The van der Waals surface area contributed by atoms with E-state index < -0.39 is 0 Å². The first-order chi connectivity index (χ1) is 17.6. The molecule has 0 bridgehead atoms. The summed E-state index contributed by atoms with van der Waals surface area (Å²) in [5.74, 6) is 0. The van der Waals surface area contributed by atoms with Gasteiger partial charge in [-0.05, 0) is 49.8 Å². The van der Waals surface area contributed by atoms with Gasteiger partial charge in [-0.25, -0.2) is 0 Å². The maximum Gasteiger partial charge on any atom is 0.0569 e. The normalized spacial score (nSPS) is 19.1. The van der Waals surface area contributed by atoms with E-state index in [1.807, 2.05) is 38.6 Å². The first kappa shape index (κ1) is 24.3. The van der Waals surface area contributed by atoms with Gasteiger partial charge in [0.15, 0.2) is 0 Å². The number of ether oxygens (including phenoxy) is 1. The zero-order valence-corrected chi connectivity index (χ0v) is 21.2. The van der Waals surface area contributed by atoms with Crippen molar-refractivity contribution < 1.29 is 4.74 Å². The van der Waals surface area contributed by atoms with Crippen molar-refractivity contribution in [3.63, 3.8) is 0 Å². The van der Waals surface area contributed by atoms with Gasteiger partial charge in [0.05, 0.1) is 18.4 Å². The fraction of sp³-hybridized carbons (Fsp3) is 0.429. The Bertz CT molecular complexity index is 1240. The summed E-state index contributed by atoms with van der Waals surface area (Å²) in [7, 11) is 1.92. The number of aryl methyl sites for hydroxylation is 1. The molecule has 0 saturated carbocycles. The van der Waals surface area contributed by atoms with Gasteiger partial charge in [0, 0.05) is 86.6 Å². The highest BCUT2D eigenvalue weighted by Gasteiger charge is 2.27. The number of benzene rings is 1. The van der Waals surface area contributed by atoms with E-state index in [0.29, 0.717) is 12.1 Å². The second-order valence-corrected chi connectivity index (χ2v) is 9.75. The fourth-order valence-electron chi connectivity index (χ4n) is 5.18. The third-order valence-corrected chi connectivity index (χ3v) is 7.39. The minimum atomic E-state index is 0.405. The molecule has 0 atom stereocenters. The molecule has 0 aliphatic carbocycles. The summed E-state index contributed by atoms with van der Waals surface area (Å²) >= 11 is 0. The Balaban J connectivity index is 1.25. The predicted molar refractivity (Wildman–Crippen MR) is 144 cm³/mol. The molecule has 1 N–H and O–H groups in total. The molecule has 8 nitrogen and oxygen atoms in total. The van der Waals surface area contributed by atoms with Gasteiger partial charge in [0.25, 0.3) is 0 Å². The number of likely N-dealkylation sites (tertiary alicyclic amines) is 1. The zero-order chi connectivity index (χ0) is 24.9. The van der Waals surface area contributed by atoms with Gasteiger partial charge in [-0.1, -0.05) is 18.2 Å². The molecule has 2 aliphatic heterocycles. The number of aromatic nitrogens is 4. The number of nitrogens with zero attached hydrogens (tertiary/aromatic N) is 6. The van der Waals surface area contributed by atoms with Crippen molar-refractivity contribution in [3.8, 4) is 11.1 Å². The molecular formula is C28H35N7O. The van der Waals surface area contributed by atoms with Crippen LogP contribution in [0.5, 0.6) is 0 Å². The van der Waals surface area contributed by atoms with Crippen LogP contribution >= 0.6 is 0 Å². The maximum atomic E-state index is 7.96. The molecule has 188 valence electrons. The van der Waals surface area contributed by atoms with E-state index in [-0.39, 0.29) is 0 Å². The number of nitrogens with one attached hydrogen (secondary N) is 1. The van der Waals surface area contributed by atoms with E-state index in [9.17, 15) is 0 Å². The summed E-state index contributed by atoms with van der Waals surface area (Å²) in [6.45, 7) is 6.00. The van der Waals surface area contributed by atoms with Crippen molar-refractivity contribution in [2.45, 2.75) is 44.7 Å². The second kappa shape index (κ2) is 11.1. The number of aliphatic imine (C=N–C) groups is 1. The molecule has 2 aromatic heterocycles. The predicted octanol–water partition coefficient (Wildman–Crippen LogP) is 4.60. The second-order valence-electron chi connectivity index (χ2n) is 9.75. The first-order valence-electron chi connectivity index (χ1n) is 12.8. The van der Waals surface area contributed by atoms with Crippen LogP contribution in [-0.4, -0.2) is 68.7 Å². The summed E-state index contributed by atoms with van der Waals surface area (Å²) in [6.07, 6.45) is 15.4. The largest absolute Gasteiger partial charge is 0.381 e. The topological polar surface area (TPSA) is 84.3 Å². The minimum absolute atomic E-state index is 0.405. The first-order valence-corrected chi connectivity index (χ1v) is 12.8. The average Bonchev–Trinajstić information content (AvgIpc) is 3.59. The fourth-order valence-corrected chi connectivity index (χ4v) is 5.18. The lowest BCUT2D eigenvalue weighted by Gasteiger charge is -2.39. The van der Waals surface area contributed by atoms with Crippen LogP contribution in [0.3, 0.4) is 0 Å². The lowest BCUT2D eigenvalue weighted by atomic mass is 10.00. The van der Waals surface area contributed by atoms with Gasteiger partial charge in [-0.3, -0.25) is 14.4 Å². The highest BCUT2D eigenvalue weighted by molar-refractivity contribution is 6.09. The lowest BCUT2D eigenvalue weighted by molar-refractivity contribution is 0.0212. The summed E-state index contributed by atoms with van der Waals surface area (Å²) in [5, 5.41) is 16.9. The van der Waals surface area contributed by atoms with Crippen molar-refractivity contribution in [3.05, 3.63) is 66.4 Å². The molecule has 5 rings (SSSR count). The minimum Gasteiger partial charge on any atom is -0.381 e. The van der Waals surface area contributed by atoms with E-state index in [0.717, 1.165) is 85.5 Å². The van der Waals surface area contributed by atoms with E-state index in [2.05, 4.69) is 44.2 Å². The van der Waals surface area contributed by atoms with E-state index in [1.165, 1.54) is 6.21 Å². The Morgan fingerprint density at radius 3 is 2.53 bits per heavy atom. The Labute approximate surface area is 212 Å². The molecule has 2 aliphatic rings. The van der Waals surface area contributed by atoms with Gasteiger partial charge in [0.2, 0.25) is 0 Å². The summed E-state index contributed by atoms with van der Waals surface area (Å²) in [4.78, 5) is 7.33. The Kier molecular flexibility index (Phi) is 7.53. The van der Waals surface area contributed by atoms with E-state index >= 15 is 0 Å². The van der Waals surface area contributed by atoms with Crippen LogP contribution < -0.4 is 0 Å². The van der Waals surface area contributed by atoms with Crippen LogP contribution in [0.1, 0.15) is 49.8 Å². The van der Waals surface area contributed by atoms with Crippen LogP contribution in [0, 0.1) is 5.41 Å². The van der Waals surface area contributed by atoms with Gasteiger partial charge in [-0.15, -0.1) is 0 Å². The number of rotatable bonds is 7. The van der Waals surface area contributed by atoms with Crippen molar-refractivity contribution in [2.75, 3.05) is 26.3 Å². The molecule has 4 heterocycles. The molecule has 8 heteroatoms. The maximum absolute atomic E-state index is 7.96. The van der Waals surface area contributed by atoms with Gasteiger partial charge in [-0.2, -0.15) is 10.2 Å². The van der Waals surface area contributed by atoms with Crippen molar-refractivity contribution in [2.24, 2.45) is 12.0 Å². The summed E-state index contributed by atoms with van der Waals surface area (Å²) in [6, 6.07) is 9.37. The monoisotopic (exact) mass is 485 g/mol. The van der Waals surface area contributed by atoms with E-state index in [4.69, 9.17) is 15.1 Å². The molecule has 2 saturated heterocycles. The van der Waals surface area contributed by atoms with Crippen LogP contribution in [0.2, 0.25) is 0 Å². The van der Waals surface area contributed by atoms with Crippen LogP contribution in [0.4, 0.5) is 0 Å². The number of hydrogen-bond donors (Lipinski definition) is 1. The van der Waals surface area contributed by atoms with Gasteiger partial charge >= 0.3 is 0 Å². The lowest BCUT2D eigenvalue weighted by Crippen LogP contribution is -2.44. The van der Waals surface area contributed by atoms with Crippen LogP contribution in [0.15, 0.2) is 60.2 Å². The van der Waals surface area contributed by atoms with Crippen molar-refractivity contribution in [1.29, 1.82) is 5.41 Å². The molecule has 0 radical (unpaired) electrons. The SMILES string of the molecule is CC(=N/C=C(\C=N)c1cnn(C2CCN(C3CCOCC3)CC2)c1)c1cccc(-c2cnn(C)c2)c1. The Morgan fingerprint density at radius 2 is 1.81 bits per heavy atom. The molecule has 0 spiro atoms. The van der Waals surface area contributed by atoms with Crippen molar-refractivity contribution in [1.82, 2.24) is 24.5 Å². The Morgan fingerprint density at radius 1 is 1.00 bits per heavy atom. The molecular weight excluding hydrogens is 450 g/mol. The molecule has 2 fully saturated rings. The molecule has 0 unspecified atom stereocenters. The third kappa shape index (κ3) is 5.55. The van der Waals surface area contributed by atoms with Gasteiger partial charge < -0.3 is 15.0 Å². The van der Waals surface area contributed by atoms with E-state index in [1.54, 1.807) is 10.9 Å². The quantitative estimate of drug-likeness (QED) is 0.496. The number of hydrogen-bond acceptors (Lipinski definition) is 6. The van der Waals surface area contributed by atoms with Gasteiger partial charge in [0.1, 0.15) is 0 Å². The number of allylic oxidation sites excluding steroid dienone is 1. The third-order valence-electron chi connectivity index (χ3n) is 7.39. The molecule has 36 heavy (non-hydrogen) atoms. The number of piperidine rings is 1. The highest BCUT2D eigenvalue weighted by atomic mass is 16.5. The molecule has 1 aromatic carbocycles. The van der Waals surface area contributed by atoms with Crippen LogP contribution in [-0.2, 0) is 11.8 Å². The molecule has 0 amide bonds. The summed E-state index contributed by atoms with van der Waals surface area (Å²) in [5.41, 5.74) is 5.81. The highest BCUT2D eigenvalue weighted by Crippen LogP contribution is 2.27. The standard InChI is InChI=1S/C28H35N7O/c1-21(22-4-3-5-23(14-22)25-17-31-33(2)19-25)30-16-24(15-29)26-18-32-35(20-26)28-6-10-34(11-7-28)27-8-12-36-13-9-27/h3-5,14-20,27-29H,6-13H2,1-2H3/b24-16+,29-15?,30-21?. The van der Waals surface area contributed by atoms with Crippen LogP contribution in [0.25, 0.3) is 16.7 Å². The summed E-state index contributed by atoms with van der Waals surface area (Å²) < 4.78 is 9.41. The Hall–Kier alpha value is -3.36. The van der Waals surface area contributed by atoms with Crippen molar-refractivity contribution >= 4 is 17.5 Å².